The SMILES string of the molecule is NS(=O)(=O)NCCNc1cocc1C(=Nc1ccc(F)c(Br)c1)NO. The van der Waals surface area contributed by atoms with Gasteiger partial charge in [0.15, 0.2) is 5.84 Å². The van der Waals surface area contributed by atoms with E-state index >= 15 is 0 Å². The van der Waals surface area contributed by atoms with Gasteiger partial charge in [-0.2, -0.15) is 8.42 Å². The van der Waals surface area contributed by atoms with Gasteiger partial charge >= 0.3 is 0 Å². The highest BCUT2D eigenvalue weighted by Crippen LogP contribution is 2.24. The molecule has 0 unspecified atom stereocenters. The van der Waals surface area contributed by atoms with E-state index < -0.39 is 16.0 Å². The zero-order valence-electron chi connectivity index (χ0n) is 12.7. The number of halogens is 2. The predicted octanol–water partition coefficient (Wildman–Crippen LogP) is 1.44. The number of anilines is 1. The highest BCUT2D eigenvalue weighted by atomic mass is 79.9. The summed E-state index contributed by atoms with van der Waals surface area (Å²) in [6.07, 6.45) is 2.69. The van der Waals surface area contributed by atoms with Crippen LogP contribution in [-0.4, -0.2) is 32.6 Å². The Kier molecular flexibility index (Phi) is 6.50. The summed E-state index contributed by atoms with van der Waals surface area (Å²) in [6, 6.07) is 4.10. The fraction of sp³-hybridized carbons (Fsp3) is 0.154. The summed E-state index contributed by atoms with van der Waals surface area (Å²) in [6.45, 7) is 0.261. The van der Waals surface area contributed by atoms with Crippen LogP contribution in [0, 0.1) is 5.82 Å². The van der Waals surface area contributed by atoms with E-state index in [1.54, 1.807) is 0 Å². The van der Waals surface area contributed by atoms with Gasteiger partial charge in [-0.1, -0.05) is 0 Å². The first-order valence-electron chi connectivity index (χ1n) is 6.82. The summed E-state index contributed by atoms with van der Waals surface area (Å²) < 4.78 is 42.3. The molecule has 0 spiro atoms. The Balaban J connectivity index is 2.14. The molecule has 0 saturated carbocycles. The molecule has 12 heteroatoms. The van der Waals surface area contributed by atoms with Crippen LogP contribution in [0.2, 0.25) is 0 Å². The van der Waals surface area contributed by atoms with Crippen LogP contribution in [0.5, 0.6) is 0 Å². The summed E-state index contributed by atoms with van der Waals surface area (Å²) in [4.78, 5) is 4.18. The van der Waals surface area contributed by atoms with Gasteiger partial charge in [0.2, 0.25) is 0 Å². The summed E-state index contributed by atoms with van der Waals surface area (Å²) in [7, 11) is -3.77. The van der Waals surface area contributed by atoms with Gasteiger partial charge in [0, 0.05) is 13.1 Å². The van der Waals surface area contributed by atoms with E-state index in [2.05, 4.69) is 31.0 Å². The van der Waals surface area contributed by atoms with Crippen molar-refractivity contribution >= 4 is 43.3 Å². The minimum absolute atomic E-state index is 0.0490. The minimum atomic E-state index is -3.77. The summed E-state index contributed by atoms with van der Waals surface area (Å²) >= 11 is 3.05. The van der Waals surface area contributed by atoms with E-state index in [9.17, 15) is 18.0 Å². The van der Waals surface area contributed by atoms with Crippen molar-refractivity contribution < 1.29 is 22.4 Å². The Morgan fingerprint density at radius 3 is 2.76 bits per heavy atom. The number of benzene rings is 1. The topological polar surface area (TPSA) is 142 Å². The van der Waals surface area contributed by atoms with E-state index in [0.717, 1.165) is 0 Å². The van der Waals surface area contributed by atoms with Gasteiger partial charge in [0.1, 0.15) is 18.3 Å². The van der Waals surface area contributed by atoms with Crippen LogP contribution in [0.4, 0.5) is 15.8 Å². The lowest BCUT2D eigenvalue weighted by atomic mass is 10.2. The van der Waals surface area contributed by atoms with Crippen molar-refractivity contribution in [1.29, 1.82) is 0 Å². The molecule has 2 rings (SSSR count). The number of aliphatic imine (C=N–C) groups is 1. The standard InChI is InChI=1S/C13H15BrFN5O4S/c14-10-5-8(1-2-11(10)15)19-13(20-21)9-6-24-7-12(9)17-3-4-18-25(16,22)23/h1-2,5-7,17-18,21H,3-4H2,(H,19,20)(H2,16,22,23). The summed E-state index contributed by atoms with van der Waals surface area (Å²) in [5, 5.41) is 17.1. The Morgan fingerprint density at radius 1 is 1.36 bits per heavy atom. The number of nitrogens with two attached hydrogens (primary N) is 1. The number of rotatable bonds is 7. The Hall–Kier alpha value is -1.99. The van der Waals surface area contributed by atoms with E-state index in [4.69, 9.17) is 9.56 Å². The fourth-order valence-electron chi connectivity index (χ4n) is 1.84. The van der Waals surface area contributed by atoms with Gasteiger partial charge in [-0.25, -0.2) is 19.2 Å². The lowest BCUT2D eigenvalue weighted by molar-refractivity contribution is 0.235. The van der Waals surface area contributed by atoms with Crippen LogP contribution >= 0.6 is 15.9 Å². The molecule has 25 heavy (non-hydrogen) atoms. The second-order valence-corrected chi connectivity index (χ2v) is 6.97. The molecular formula is C13H15BrFN5O4S. The van der Waals surface area contributed by atoms with Crippen LogP contribution in [-0.2, 0) is 10.2 Å². The lowest BCUT2D eigenvalue weighted by Crippen LogP contribution is -2.34. The molecule has 0 bridgehead atoms. The summed E-state index contributed by atoms with van der Waals surface area (Å²) in [5.41, 5.74) is 3.18. The smallest absolute Gasteiger partial charge is 0.274 e. The Labute approximate surface area is 151 Å². The Morgan fingerprint density at radius 2 is 2.12 bits per heavy atom. The lowest BCUT2D eigenvalue weighted by Gasteiger charge is -2.08. The first kappa shape index (κ1) is 19.3. The number of hydrogen-bond acceptors (Lipinski definition) is 6. The monoisotopic (exact) mass is 435 g/mol. The summed E-state index contributed by atoms with van der Waals surface area (Å²) in [5.74, 6) is -0.389. The molecule has 0 aliphatic heterocycles. The maximum atomic E-state index is 13.3. The van der Waals surface area contributed by atoms with Crippen LogP contribution < -0.4 is 20.7 Å². The van der Waals surface area contributed by atoms with Crippen molar-refractivity contribution in [1.82, 2.24) is 10.2 Å². The van der Waals surface area contributed by atoms with Crippen LogP contribution in [0.1, 0.15) is 5.56 Å². The second kappa shape index (κ2) is 8.40. The van der Waals surface area contributed by atoms with Gasteiger partial charge in [-0.05, 0) is 34.1 Å². The molecule has 0 atom stereocenters. The van der Waals surface area contributed by atoms with Crippen molar-refractivity contribution in [3.05, 3.63) is 46.6 Å². The van der Waals surface area contributed by atoms with Crippen molar-refractivity contribution in [3.63, 3.8) is 0 Å². The van der Waals surface area contributed by atoms with Gasteiger partial charge in [-0.3, -0.25) is 10.7 Å². The van der Waals surface area contributed by atoms with E-state index in [0.29, 0.717) is 16.9 Å². The molecule has 0 fully saturated rings. The highest BCUT2D eigenvalue weighted by Gasteiger charge is 2.12. The largest absolute Gasteiger partial charge is 0.470 e. The first-order chi connectivity index (χ1) is 11.8. The van der Waals surface area contributed by atoms with Crippen molar-refractivity contribution in [2.45, 2.75) is 0 Å². The van der Waals surface area contributed by atoms with E-state index in [1.807, 2.05) is 5.48 Å². The average molecular weight is 436 g/mol. The number of hydroxylamine groups is 1. The first-order valence-corrected chi connectivity index (χ1v) is 9.16. The molecule has 0 aliphatic carbocycles. The van der Waals surface area contributed by atoms with Gasteiger partial charge in [-0.15, -0.1) is 0 Å². The van der Waals surface area contributed by atoms with E-state index in [-0.39, 0.29) is 23.4 Å². The average Bonchev–Trinajstić information content (AvgIpc) is 3.00. The molecule has 136 valence electrons. The molecule has 1 aromatic heterocycles. The number of furan rings is 1. The van der Waals surface area contributed by atoms with E-state index in [1.165, 1.54) is 30.7 Å². The Bertz CT molecular complexity index is 871. The van der Waals surface area contributed by atoms with Crippen LogP contribution in [0.25, 0.3) is 0 Å². The zero-order valence-corrected chi connectivity index (χ0v) is 15.1. The molecule has 9 nitrogen and oxygen atoms in total. The molecule has 0 amide bonds. The van der Waals surface area contributed by atoms with Crippen molar-refractivity contribution in [3.8, 4) is 0 Å². The third-order valence-corrected chi connectivity index (χ3v) is 4.12. The molecule has 2 aromatic rings. The molecule has 1 heterocycles. The predicted molar refractivity (Wildman–Crippen MR) is 93.5 cm³/mol. The normalized spacial score (nSPS) is 12.2. The third-order valence-electron chi connectivity index (χ3n) is 2.91. The van der Waals surface area contributed by atoms with Crippen molar-refractivity contribution in [2.24, 2.45) is 10.1 Å². The molecular weight excluding hydrogens is 421 g/mol. The molecule has 0 radical (unpaired) electrons. The molecule has 6 N–H and O–H groups in total. The fourth-order valence-corrected chi connectivity index (χ4v) is 2.59. The highest BCUT2D eigenvalue weighted by molar-refractivity contribution is 9.10. The van der Waals surface area contributed by atoms with Gasteiger partial charge in [0.05, 0.1) is 21.4 Å². The number of amidine groups is 1. The maximum absolute atomic E-state index is 13.3. The zero-order chi connectivity index (χ0) is 18.4. The van der Waals surface area contributed by atoms with Gasteiger partial charge in [0.25, 0.3) is 10.2 Å². The molecule has 1 aromatic carbocycles. The van der Waals surface area contributed by atoms with Crippen LogP contribution in [0.3, 0.4) is 0 Å². The minimum Gasteiger partial charge on any atom is -0.470 e. The maximum Gasteiger partial charge on any atom is 0.274 e. The number of nitrogens with zero attached hydrogens (tertiary/aromatic N) is 1. The molecule has 0 aliphatic rings. The second-order valence-electron chi connectivity index (χ2n) is 4.74. The van der Waals surface area contributed by atoms with Gasteiger partial charge < -0.3 is 9.73 Å². The number of nitrogens with one attached hydrogen (secondary N) is 3. The van der Waals surface area contributed by atoms with Crippen molar-refractivity contribution in [2.75, 3.05) is 18.4 Å². The quantitative estimate of drug-likeness (QED) is 0.193. The number of hydrogen-bond donors (Lipinski definition) is 5. The van der Waals surface area contributed by atoms with Crippen LogP contribution in [0.15, 0.2) is 44.6 Å². The third kappa shape index (κ3) is 5.79. The molecule has 0 saturated heterocycles.